The van der Waals surface area contributed by atoms with Gasteiger partial charge in [-0.05, 0) is 86.4 Å². The van der Waals surface area contributed by atoms with Crippen molar-refractivity contribution in [3.8, 4) is 0 Å². The molecule has 0 N–H and O–H groups in total. The quantitative estimate of drug-likeness (QED) is 0.772. The van der Waals surface area contributed by atoms with Crippen LogP contribution in [0.1, 0.15) is 60.8 Å². The van der Waals surface area contributed by atoms with E-state index in [1.54, 1.807) is 0 Å². The molecule has 3 heterocycles. The Morgan fingerprint density at radius 2 is 1.35 bits per heavy atom. The molecule has 0 aromatic rings. The highest BCUT2D eigenvalue weighted by atomic mass is 15.3. The van der Waals surface area contributed by atoms with Crippen LogP contribution < -0.4 is 0 Å². The molecule has 23 heavy (non-hydrogen) atoms. The first-order chi connectivity index (χ1) is 10.6. The third kappa shape index (κ3) is 3.93. The van der Waals surface area contributed by atoms with E-state index in [1.807, 2.05) is 0 Å². The lowest BCUT2D eigenvalue weighted by molar-refractivity contribution is -0.0196. The predicted molar refractivity (Wildman–Crippen MR) is 98.9 cm³/mol. The molecule has 0 atom stereocenters. The molecule has 3 nitrogen and oxygen atoms in total. The molecule has 0 aromatic heterocycles. The number of hydrogen-bond acceptors (Lipinski definition) is 3. The summed E-state index contributed by atoms with van der Waals surface area (Å²) < 4.78 is 0. The smallest absolute Gasteiger partial charge is 0.0125 e. The van der Waals surface area contributed by atoms with E-state index in [2.05, 4.69) is 56.2 Å². The van der Waals surface area contributed by atoms with E-state index in [4.69, 9.17) is 0 Å². The lowest BCUT2D eigenvalue weighted by Crippen LogP contribution is -2.59. The van der Waals surface area contributed by atoms with Crippen LogP contribution >= 0.6 is 0 Å². The van der Waals surface area contributed by atoms with Gasteiger partial charge in [-0.25, -0.2) is 0 Å². The summed E-state index contributed by atoms with van der Waals surface area (Å²) in [6.45, 7) is 23.5. The fraction of sp³-hybridized carbons (Fsp3) is 1.00. The van der Waals surface area contributed by atoms with Gasteiger partial charge in [0.25, 0.3) is 0 Å². The van der Waals surface area contributed by atoms with Crippen LogP contribution in [0, 0.1) is 11.3 Å². The molecule has 3 aliphatic rings. The molecular weight excluding hydrogens is 282 g/mol. The maximum atomic E-state index is 2.75. The van der Waals surface area contributed by atoms with Crippen molar-refractivity contribution < 1.29 is 0 Å². The molecule has 0 amide bonds. The first kappa shape index (κ1) is 17.7. The molecule has 3 heteroatoms. The Balaban J connectivity index is 1.40. The first-order valence-electron chi connectivity index (χ1n) is 9.80. The Labute approximate surface area is 144 Å². The Kier molecular flexibility index (Phi) is 4.61. The van der Waals surface area contributed by atoms with E-state index in [1.165, 1.54) is 65.1 Å². The van der Waals surface area contributed by atoms with Crippen molar-refractivity contribution >= 4 is 0 Å². The van der Waals surface area contributed by atoms with Gasteiger partial charge in [0.05, 0.1) is 0 Å². The summed E-state index contributed by atoms with van der Waals surface area (Å²) in [5, 5.41) is 0. The van der Waals surface area contributed by atoms with Crippen LogP contribution in [0.3, 0.4) is 0 Å². The minimum atomic E-state index is 0.351. The second kappa shape index (κ2) is 6.00. The maximum absolute atomic E-state index is 2.75. The molecule has 0 bridgehead atoms. The van der Waals surface area contributed by atoms with Gasteiger partial charge in [0.15, 0.2) is 0 Å². The van der Waals surface area contributed by atoms with Crippen LogP contribution in [0.2, 0.25) is 0 Å². The molecule has 0 radical (unpaired) electrons. The van der Waals surface area contributed by atoms with Crippen LogP contribution in [0.4, 0.5) is 0 Å². The first-order valence-corrected chi connectivity index (χ1v) is 9.80. The Morgan fingerprint density at radius 3 is 1.83 bits per heavy atom. The molecule has 134 valence electrons. The van der Waals surface area contributed by atoms with E-state index >= 15 is 0 Å². The largest absolute Gasteiger partial charge is 0.302 e. The van der Waals surface area contributed by atoms with Crippen LogP contribution in [0.5, 0.6) is 0 Å². The summed E-state index contributed by atoms with van der Waals surface area (Å²) >= 11 is 0. The molecule has 3 rings (SSSR count). The average molecular weight is 322 g/mol. The van der Waals surface area contributed by atoms with Gasteiger partial charge >= 0.3 is 0 Å². The van der Waals surface area contributed by atoms with E-state index < -0.39 is 0 Å². The van der Waals surface area contributed by atoms with Crippen molar-refractivity contribution in [3.05, 3.63) is 0 Å². The number of rotatable bonds is 2. The van der Waals surface area contributed by atoms with Crippen LogP contribution in [-0.4, -0.2) is 71.6 Å². The Bertz CT molecular complexity index is 404. The summed E-state index contributed by atoms with van der Waals surface area (Å²) in [5.74, 6) is 0.936. The lowest BCUT2D eigenvalue weighted by Gasteiger charge is -2.51. The van der Waals surface area contributed by atoms with Gasteiger partial charge in [0.2, 0.25) is 0 Å². The van der Waals surface area contributed by atoms with Crippen molar-refractivity contribution in [1.82, 2.24) is 14.7 Å². The summed E-state index contributed by atoms with van der Waals surface area (Å²) in [4.78, 5) is 8.12. The third-order valence-electron chi connectivity index (χ3n) is 6.58. The Hall–Kier alpha value is -0.120. The molecule has 3 aliphatic heterocycles. The zero-order valence-electron chi connectivity index (χ0n) is 16.5. The maximum Gasteiger partial charge on any atom is 0.0125 e. The second-order valence-corrected chi connectivity index (χ2v) is 10.6. The molecule has 3 fully saturated rings. The van der Waals surface area contributed by atoms with Crippen molar-refractivity contribution in [2.24, 2.45) is 11.3 Å². The van der Waals surface area contributed by atoms with Gasteiger partial charge in [-0.3, -0.25) is 9.80 Å². The zero-order valence-corrected chi connectivity index (χ0v) is 16.5. The highest BCUT2D eigenvalue weighted by Crippen LogP contribution is 2.42. The highest BCUT2D eigenvalue weighted by molar-refractivity contribution is 5.03. The van der Waals surface area contributed by atoms with E-state index in [0.29, 0.717) is 16.5 Å². The summed E-state index contributed by atoms with van der Waals surface area (Å²) in [6.07, 6.45) is 4.22. The SMILES string of the molecule is CC(C)(C)N1CCC(CN2CC3(CCN(C(C)(C)C)C3)C2)CC1. The number of piperidine rings is 1. The summed E-state index contributed by atoms with van der Waals surface area (Å²) in [7, 11) is 0. The number of likely N-dealkylation sites (tertiary alicyclic amines) is 3. The van der Waals surface area contributed by atoms with Crippen LogP contribution in [-0.2, 0) is 0 Å². The van der Waals surface area contributed by atoms with Crippen molar-refractivity contribution in [2.75, 3.05) is 45.8 Å². The molecule has 0 unspecified atom stereocenters. The second-order valence-electron chi connectivity index (χ2n) is 10.6. The van der Waals surface area contributed by atoms with Crippen molar-refractivity contribution in [1.29, 1.82) is 0 Å². The zero-order chi connectivity index (χ0) is 16.9. The van der Waals surface area contributed by atoms with Crippen molar-refractivity contribution in [2.45, 2.75) is 71.9 Å². The average Bonchev–Trinajstić information content (AvgIpc) is 2.83. The normalized spacial score (nSPS) is 28.4. The number of hydrogen-bond donors (Lipinski definition) is 0. The van der Waals surface area contributed by atoms with Gasteiger partial charge in [-0.2, -0.15) is 0 Å². The minimum absolute atomic E-state index is 0.351. The van der Waals surface area contributed by atoms with Crippen molar-refractivity contribution in [3.63, 3.8) is 0 Å². The lowest BCUT2D eigenvalue weighted by atomic mass is 9.78. The monoisotopic (exact) mass is 321 g/mol. The standard InChI is InChI=1S/C20H39N3/c1-18(2,3)22-10-7-17(8-11-22)13-21-14-20(15-21)9-12-23(16-20)19(4,5)6/h17H,7-16H2,1-6H3. The highest BCUT2D eigenvalue weighted by Gasteiger charge is 2.49. The van der Waals surface area contributed by atoms with Gasteiger partial charge in [0, 0.05) is 42.7 Å². The fourth-order valence-corrected chi connectivity index (χ4v) is 4.95. The molecule has 1 spiro atoms. The molecule has 0 saturated carbocycles. The molecule has 0 aliphatic carbocycles. The minimum Gasteiger partial charge on any atom is -0.302 e. The Morgan fingerprint density at radius 1 is 0.783 bits per heavy atom. The summed E-state index contributed by atoms with van der Waals surface area (Å²) in [5.41, 5.74) is 1.34. The number of nitrogens with zero attached hydrogens (tertiary/aromatic N) is 3. The van der Waals surface area contributed by atoms with Crippen LogP contribution in [0.25, 0.3) is 0 Å². The predicted octanol–water partition coefficient (Wildman–Crippen LogP) is 3.30. The fourth-order valence-electron chi connectivity index (χ4n) is 4.95. The molecular formula is C20H39N3. The van der Waals surface area contributed by atoms with Gasteiger partial charge < -0.3 is 4.90 Å². The molecule has 0 aromatic carbocycles. The van der Waals surface area contributed by atoms with Crippen LogP contribution in [0.15, 0.2) is 0 Å². The van der Waals surface area contributed by atoms with Gasteiger partial charge in [-0.1, -0.05) is 0 Å². The molecule has 3 saturated heterocycles. The van der Waals surface area contributed by atoms with E-state index in [-0.39, 0.29) is 0 Å². The van der Waals surface area contributed by atoms with Gasteiger partial charge in [-0.15, -0.1) is 0 Å². The third-order valence-corrected chi connectivity index (χ3v) is 6.58. The van der Waals surface area contributed by atoms with Gasteiger partial charge in [0.1, 0.15) is 0 Å². The van der Waals surface area contributed by atoms with E-state index in [0.717, 1.165) is 5.92 Å². The van der Waals surface area contributed by atoms with E-state index in [9.17, 15) is 0 Å². The summed E-state index contributed by atoms with van der Waals surface area (Å²) in [6, 6.07) is 0. The topological polar surface area (TPSA) is 9.72 Å².